The van der Waals surface area contributed by atoms with Crippen molar-refractivity contribution in [3.63, 3.8) is 0 Å². The fraction of sp³-hybridized carbons (Fsp3) is 0.236. The topological polar surface area (TPSA) is 31.4 Å². The molecule has 0 atom stereocenters. The highest BCUT2D eigenvalue weighted by Gasteiger charge is 2.44. The highest BCUT2D eigenvalue weighted by Crippen LogP contribution is 2.58. The van der Waals surface area contributed by atoms with Gasteiger partial charge in [0.15, 0.2) is 0 Å². The molecule has 584 valence electrons. The molecule has 14 aromatic rings. The summed E-state index contributed by atoms with van der Waals surface area (Å²) in [6.45, 7) is 28.3. The van der Waals surface area contributed by atoms with Gasteiger partial charge in [-0.25, -0.2) is 0 Å². The summed E-state index contributed by atoms with van der Waals surface area (Å²) >= 11 is 0. The maximum atomic E-state index is 6.07. The minimum absolute atomic E-state index is 0.396. The minimum atomic E-state index is -0.436. The number of anilines is 12. The van der Waals surface area contributed by atoms with E-state index in [0.29, 0.717) is 0 Å². The quantitative estimate of drug-likeness (QED) is 0.0454. The average molecular weight is 1520 g/mol. The molecule has 14 aromatic carbocycles. The number of aryl methyl sites for hydroxylation is 8. The summed E-state index contributed by atoms with van der Waals surface area (Å²) in [6.07, 6.45) is 11.2. The van der Waals surface area contributed by atoms with Crippen molar-refractivity contribution < 1.29 is 9.47 Å². The zero-order chi connectivity index (χ0) is 80.5. The van der Waals surface area contributed by atoms with Crippen LogP contribution in [0.2, 0.25) is 0 Å². The Kier molecular flexibility index (Phi) is 24.1. The first-order valence-corrected chi connectivity index (χ1v) is 42.4. The number of nitrogens with zero attached hydrogens (tertiary/aromatic N) is 4. The molecular formula is C110H112N4O2. The van der Waals surface area contributed by atoms with Gasteiger partial charge in [0.2, 0.25) is 0 Å². The van der Waals surface area contributed by atoms with Crippen LogP contribution in [-0.4, -0.2) is 13.2 Å². The molecule has 0 saturated heterocycles. The van der Waals surface area contributed by atoms with Crippen LogP contribution in [0.5, 0.6) is 11.5 Å². The third-order valence-electron chi connectivity index (χ3n) is 23.8. The lowest BCUT2D eigenvalue weighted by atomic mass is 9.73. The van der Waals surface area contributed by atoms with Gasteiger partial charge in [0.1, 0.15) is 11.5 Å². The maximum Gasteiger partial charge on any atom is 0.119 e. The van der Waals surface area contributed by atoms with E-state index >= 15 is 0 Å². The molecule has 0 saturated carbocycles. The smallest absolute Gasteiger partial charge is 0.119 e. The summed E-state index contributed by atoms with van der Waals surface area (Å²) < 4.78 is 12.1. The Morgan fingerprint density at radius 1 is 0.233 bits per heavy atom. The largest absolute Gasteiger partial charge is 0.494 e. The Balaban J connectivity index is 0.000000182. The van der Waals surface area contributed by atoms with Crippen LogP contribution in [-0.2, 0) is 23.7 Å². The van der Waals surface area contributed by atoms with Gasteiger partial charge in [-0.3, -0.25) is 0 Å². The van der Waals surface area contributed by atoms with Gasteiger partial charge < -0.3 is 29.1 Å². The van der Waals surface area contributed by atoms with E-state index in [1.807, 2.05) is 0 Å². The zero-order valence-corrected chi connectivity index (χ0v) is 70.1. The molecule has 0 fully saturated rings. The van der Waals surface area contributed by atoms with Crippen molar-refractivity contribution in [1.29, 1.82) is 0 Å². The van der Waals surface area contributed by atoms with Crippen molar-refractivity contribution in [2.24, 2.45) is 0 Å². The van der Waals surface area contributed by atoms with Crippen LogP contribution in [0.1, 0.15) is 171 Å². The Morgan fingerprint density at radius 2 is 0.483 bits per heavy atom. The third-order valence-corrected chi connectivity index (χ3v) is 23.8. The van der Waals surface area contributed by atoms with Crippen molar-refractivity contribution in [2.75, 3.05) is 32.8 Å². The average Bonchev–Trinajstić information content (AvgIpc) is 1.55. The van der Waals surface area contributed by atoms with Crippen molar-refractivity contribution in [3.8, 4) is 33.8 Å². The van der Waals surface area contributed by atoms with Gasteiger partial charge in [0.25, 0.3) is 0 Å². The molecule has 0 heterocycles. The lowest BCUT2D eigenvalue weighted by Crippen LogP contribution is -2.23. The Labute approximate surface area is 691 Å². The lowest BCUT2D eigenvalue weighted by Gasteiger charge is -2.32. The molecule has 0 N–H and O–H groups in total. The van der Waals surface area contributed by atoms with Gasteiger partial charge in [0, 0.05) is 79.1 Å². The number of rotatable bonds is 28. The predicted octanol–water partition coefficient (Wildman–Crippen LogP) is 30.8. The molecule has 0 bridgehead atoms. The first-order chi connectivity index (χ1) is 56.5. The molecule has 2 aliphatic carbocycles. The Morgan fingerprint density at radius 3 is 0.759 bits per heavy atom. The second kappa shape index (κ2) is 35.3. The van der Waals surface area contributed by atoms with Gasteiger partial charge in [0.05, 0.1) is 13.2 Å². The summed E-state index contributed by atoms with van der Waals surface area (Å²) in [5.41, 5.74) is 36.1. The SMILES string of the molecule is CCCCOc1ccc(N(c2ccc(C)cc2)c2ccc3c(c2)C(C)(c2cccc(C)c2)c2cc(N(c4ccc(C)cc4)c4ccc(OCCCC)cc4)ccc2-3)cc1.CCCCc1cccc(N(c2ccc(C)cc2)c2ccc3c(c2)C(C)(c2cccc(C)c2)c2cc(N(c4ccc(C)cc4)c4cccc(CCCC)c4)ccc2-3)c1. The Hall–Kier alpha value is -12.1. The van der Waals surface area contributed by atoms with E-state index in [1.165, 1.54) is 149 Å². The fourth-order valence-corrected chi connectivity index (χ4v) is 17.2. The molecule has 116 heavy (non-hydrogen) atoms. The second-order valence-corrected chi connectivity index (χ2v) is 32.5. The van der Waals surface area contributed by atoms with Crippen LogP contribution in [0.3, 0.4) is 0 Å². The normalized spacial score (nSPS) is 12.5. The van der Waals surface area contributed by atoms with Gasteiger partial charge in [-0.15, -0.1) is 0 Å². The minimum Gasteiger partial charge on any atom is -0.494 e. The zero-order valence-electron chi connectivity index (χ0n) is 70.1. The van der Waals surface area contributed by atoms with Crippen LogP contribution in [0.15, 0.2) is 315 Å². The molecular weight excluding hydrogens is 1410 g/mol. The molecule has 0 unspecified atom stereocenters. The summed E-state index contributed by atoms with van der Waals surface area (Å²) in [5, 5.41) is 0. The summed E-state index contributed by atoms with van der Waals surface area (Å²) in [4.78, 5) is 9.64. The standard InChI is InChI=1S/C55H56N2O2.C55H56N2/c1-7-9-34-58-49-28-22-45(23-29-49)56(43-18-14-39(3)15-19-43)47-26-32-51-52-33-27-48(38-54(52)55(6,53(51)37-47)42-13-11-12-41(5)36-42)57(44-20-16-40(4)17-21-44)46-24-30-50(31-25-46)59-35-10-8-2;1-7-9-15-42-17-12-20-47(35-42)56(45-26-22-39(3)23-27-45)49-30-32-51-52-33-31-50(38-54(52)55(6,53(51)37-49)44-19-11-14-41(5)34-44)57(46-28-24-40(4)25-29-46)48-21-13-18-43(36-48)16-10-8-2/h11-33,36-38H,7-10,34-35H2,1-6H3;11-14,17-38H,7-10,15-16H2,1-6H3. The highest BCUT2D eigenvalue weighted by molar-refractivity contribution is 5.93. The van der Waals surface area contributed by atoms with E-state index in [4.69, 9.17) is 9.47 Å². The van der Waals surface area contributed by atoms with Crippen molar-refractivity contribution >= 4 is 68.2 Å². The first kappa shape index (κ1) is 79.1. The van der Waals surface area contributed by atoms with E-state index in [9.17, 15) is 0 Å². The van der Waals surface area contributed by atoms with Crippen molar-refractivity contribution in [2.45, 2.75) is 158 Å². The third kappa shape index (κ3) is 16.6. The molecule has 0 aliphatic heterocycles. The molecule has 2 aliphatic rings. The van der Waals surface area contributed by atoms with E-state index in [2.05, 4.69) is 418 Å². The van der Waals surface area contributed by atoms with Crippen molar-refractivity contribution in [3.05, 3.63) is 393 Å². The van der Waals surface area contributed by atoms with E-state index < -0.39 is 10.8 Å². The number of ether oxygens (including phenoxy) is 2. The molecule has 0 spiro atoms. The van der Waals surface area contributed by atoms with Gasteiger partial charge in [-0.2, -0.15) is 0 Å². The monoisotopic (exact) mass is 1520 g/mol. The van der Waals surface area contributed by atoms with E-state index in [0.717, 1.165) is 109 Å². The number of benzene rings is 14. The summed E-state index contributed by atoms with van der Waals surface area (Å²) in [6, 6.07) is 118. The number of hydrogen-bond donors (Lipinski definition) is 0. The van der Waals surface area contributed by atoms with Crippen LogP contribution >= 0.6 is 0 Å². The molecule has 6 heteroatoms. The van der Waals surface area contributed by atoms with Gasteiger partial charge in [-0.05, 0) is 331 Å². The van der Waals surface area contributed by atoms with Gasteiger partial charge in [-0.1, -0.05) is 232 Å². The van der Waals surface area contributed by atoms with Crippen LogP contribution in [0.4, 0.5) is 68.2 Å². The fourth-order valence-electron chi connectivity index (χ4n) is 17.2. The number of hydrogen-bond acceptors (Lipinski definition) is 6. The van der Waals surface area contributed by atoms with E-state index in [1.54, 1.807) is 0 Å². The number of fused-ring (bicyclic) bond motifs is 6. The summed E-state index contributed by atoms with van der Waals surface area (Å²) in [7, 11) is 0. The van der Waals surface area contributed by atoms with Crippen LogP contribution in [0, 0.1) is 41.5 Å². The maximum absolute atomic E-state index is 6.07. The first-order valence-electron chi connectivity index (χ1n) is 42.4. The number of unbranched alkanes of at least 4 members (excludes halogenated alkanes) is 4. The highest BCUT2D eigenvalue weighted by atomic mass is 16.5. The Bertz CT molecular complexity index is 5400. The van der Waals surface area contributed by atoms with E-state index in [-0.39, 0.29) is 0 Å². The molecule has 6 nitrogen and oxygen atoms in total. The molecule has 0 amide bonds. The molecule has 0 aromatic heterocycles. The predicted molar refractivity (Wildman–Crippen MR) is 493 cm³/mol. The van der Waals surface area contributed by atoms with Crippen LogP contribution < -0.4 is 29.1 Å². The molecule has 16 rings (SSSR count). The van der Waals surface area contributed by atoms with Crippen LogP contribution in [0.25, 0.3) is 22.3 Å². The lowest BCUT2D eigenvalue weighted by molar-refractivity contribution is 0.309. The summed E-state index contributed by atoms with van der Waals surface area (Å²) in [5.74, 6) is 1.79. The van der Waals surface area contributed by atoms with Crippen molar-refractivity contribution in [1.82, 2.24) is 0 Å². The van der Waals surface area contributed by atoms with Gasteiger partial charge >= 0.3 is 0 Å². The second-order valence-electron chi connectivity index (χ2n) is 32.5. The molecule has 0 radical (unpaired) electrons.